The van der Waals surface area contributed by atoms with E-state index in [1.54, 1.807) is 0 Å². The summed E-state index contributed by atoms with van der Waals surface area (Å²) in [5, 5.41) is 3.49. The highest BCUT2D eigenvalue weighted by Crippen LogP contribution is 2.21. The van der Waals surface area contributed by atoms with Gasteiger partial charge in [0.05, 0.1) is 0 Å². The second-order valence-corrected chi connectivity index (χ2v) is 6.66. The van der Waals surface area contributed by atoms with Gasteiger partial charge in [0.15, 0.2) is 0 Å². The zero-order valence-electron chi connectivity index (χ0n) is 11.1. The molecule has 1 N–H and O–H groups in total. The molecule has 0 aliphatic heterocycles. The Balaban J connectivity index is 3.25. The molecule has 0 unspecified atom stereocenters. The van der Waals surface area contributed by atoms with Crippen molar-refractivity contribution in [1.29, 1.82) is 0 Å². The molecule has 15 heavy (non-hydrogen) atoms. The Hall–Kier alpha value is 0.270. The molecular weight excluding hydrogens is 204 g/mol. The molecule has 3 heteroatoms. The molecule has 92 valence electrons. The largest absolute Gasteiger partial charge is 0.315 e. The lowest BCUT2D eigenvalue weighted by Crippen LogP contribution is -2.33. The van der Waals surface area contributed by atoms with Crippen molar-refractivity contribution in [2.75, 3.05) is 38.5 Å². The van der Waals surface area contributed by atoms with E-state index in [9.17, 15) is 0 Å². The van der Waals surface area contributed by atoms with Crippen molar-refractivity contribution >= 4 is 11.8 Å². The third-order valence-corrected chi connectivity index (χ3v) is 3.59. The van der Waals surface area contributed by atoms with Crippen LogP contribution in [0.15, 0.2) is 0 Å². The summed E-state index contributed by atoms with van der Waals surface area (Å²) in [6.45, 7) is 17.0. The Kier molecular flexibility index (Phi) is 8.58. The Labute approximate surface area is 100 Å². The summed E-state index contributed by atoms with van der Waals surface area (Å²) in [5.41, 5.74) is 0. The number of hydrogen-bond acceptors (Lipinski definition) is 3. The third kappa shape index (κ3) is 10.6. The highest BCUT2D eigenvalue weighted by atomic mass is 32.2. The van der Waals surface area contributed by atoms with Crippen molar-refractivity contribution in [2.45, 2.75) is 39.4 Å². The maximum absolute atomic E-state index is 3.49. The lowest BCUT2D eigenvalue weighted by molar-refractivity contribution is 0.303. The molecular formula is C12H28N2S. The van der Waals surface area contributed by atoms with Crippen LogP contribution in [0, 0.1) is 0 Å². The first kappa shape index (κ1) is 15.3. The minimum atomic E-state index is 0.403. The Morgan fingerprint density at radius 3 is 2.13 bits per heavy atom. The minimum Gasteiger partial charge on any atom is -0.315 e. The molecule has 2 nitrogen and oxygen atoms in total. The number of rotatable bonds is 8. The van der Waals surface area contributed by atoms with E-state index in [0.29, 0.717) is 4.75 Å². The Morgan fingerprint density at radius 2 is 1.67 bits per heavy atom. The summed E-state index contributed by atoms with van der Waals surface area (Å²) in [4.78, 5) is 2.45. The van der Waals surface area contributed by atoms with Crippen molar-refractivity contribution < 1.29 is 0 Å². The third-order valence-electron chi connectivity index (χ3n) is 2.31. The smallest absolute Gasteiger partial charge is 0.0107 e. The van der Waals surface area contributed by atoms with Crippen LogP contribution in [0.4, 0.5) is 0 Å². The zero-order chi connectivity index (χ0) is 11.7. The van der Waals surface area contributed by atoms with E-state index >= 15 is 0 Å². The van der Waals surface area contributed by atoms with Crippen molar-refractivity contribution in [3.8, 4) is 0 Å². The molecule has 0 saturated heterocycles. The fourth-order valence-corrected chi connectivity index (χ4v) is 2.19. The van der Waals surface area contributed by atoms with E-state index < -0.39 is 0 Å². The fraction of sp³-hybridized carbons (Fsp3) is 1.00. The molecule has 0 spiro atoms. The van der Waals surface area contributed by atoms with Gasteiger partial charge in [-0.25, -0.2) is 0 Å². The molecule has 0 fully saturated rings. The first-order chi connectivity index (χ1) is 6.99. The van der Waals surface area contributed by atoms with Gasteiger partial charge >= 0.3 is 0 Å². The topological polar surface area (TPSA) is 15.3 Å². The molecule has 0 aromatic carbocycles. The average Bonchev–Trinajstić information content (AvgIpc) is 2.15. The van der Waals surface area contributed by atoms with Gasteiger partial charge < -0.3 is 10.2 Å². The number of hydrogen-bond donors (Lipinski definition) is 1. The van der Waals surface area contributed by atoms with Gasteiger partial charge in [-0.2, -0.15) is 11.8 Å². The van der Waals surface area contributed by atoms with E-state index in [0.717, 1.165) is 26.2 Å². The van der Waals surface area contributed by atoms with Crippen LogP contribution in [0.2, 0.25) is 0 Å². The zero-order valence-corrected chi connectivity index (χ0v) is 11.9. The Morgan fingerprint density at radius 1 is 1.07 bits per heavy atom. The second-order valence-electron chi connectivity index (χ2n) is 4.74. The number of likely N-dealkylation sites (N-methyl/N-ethyl adjacent to an activating group) is 1. The van der Waals surface area contributed by atoms with E-state index in [-0.39, 0.29) is 0 Å². The summed E-state index contributed by atoms with van der Waals surface area (Å²) in [6, 6.07) is 0. The maximum atomic E-state index is 3.49. The maximum Gasteiger partial charge on any atom is 0.0107 e. The quantitative estimate of drug-likeness (QED) is 0.647. The molecule has 0 amide bonds. The van der Waals surface area contributed by atoms with Gasteiger partial charge in [-0.15, -0.1) is 0 Å². The van der Waals surface area contributed by atoms with Gasteiger partial charge in [-0.05, 0) is 13.1 Å². The van der Waals surface area contributed by atoms with Crippen molar-refractivity contribution in [2.24, 2.45) is 0 Å². The van der Waals surface area contributed by atoms with Crippen LogP contribution in [0.3, 0.4) is 0 Å². The van der Waals surface area contributed by atoms with Crippen LogP contribution in [-0.2, 0) is 0 Å². The van der Waals surface area contributed by atoms with E-state index in [2.05, 4.69) is 44.8 Å². The second kappa shape index (κ2) is 8.43. The van der Waals surface area contributed by atoms with Gasteiger partial charge in [-0.1, -0.05) is 34.6 Å². The van der Waals surface area contributed by atoms with E-state index in [4.69, 9.17) is 0 Å². The highest BCUT2D eigenvalue weighted by Gasteiger charge is 2.08. The highest BCUT2D eigenvalue weighted by molar-refractivity contribution is 8.00. The number of thioether (sulfide) groups is 1. The lowest BCUT2D eigenvalue weighted by atomic mass is 10.3. The standard InChI is InChI=1S/C12H28N2S/c1-6-14(7-2)10-8-13-9-11-15-12(3,4)5/h13H,6-11H2,1-5H3. The Bertz CT molecular complexity index is 139. The van der Waals surface area contributed by atoms with Crippen LogP contribution in [-0.4, -0.2) is 48.1 Å². The van der Waals surface area contributed by atoms with Gasteiger partial charge in [-0.3, -0.25) is 0 Å². The summed E-state index contributed by atoms with van der Waals surface area (Å²) >= 11 is 2.03. The summed E-state index contributed by atoms with van der Waals surface area (Å²) in [5.74, 6) is 1.21. The molecule has 0 aliphatic rings. The minimum absolute atomic E-state index is 0.403. The predicted molar refractivity (Wildman–Crippen MR) is 72.9 cm³/mol. The lowest BCUT2D eigenvalue weighted by Gasteiger charge is -2.19. The molecule has 0 rings (SSSR count). The number of nitrogens with zero attached hydrogens (tertiary/aromatic N) is 1. The van der Waals surface area contributed by atoms with Crippen LogP contribution in [0.5, 0.6) is 0 Å². The van der Waals surface area contributed by atoms with Crippen LogP contribution in [0.1, 0.15) is 34.6 Å². The fourth-order valence-electron chi connectivity index (χ4n) is 1.33. The van der Waals surface area contributed by atoms with Crippen LogP contribution >= 0.6 is 11.8 Å². The van der Waals surface area contributed by atoms with Gasteiger partial charge in [0.1, 0.15) is 0 Å². The predicted octanol–water partition coefficient (Wildman–Crippen LogP) is 2.45. The van der Waals surface area contributed by atoms with Crippen molar-refractivity contribution in [1.82, 2.24) is 10.2 Å². The van der Waals surface area contributed by atoms with Gasteiger partial charge in [0.2, 0.25) is 0 Å². The molecule has 0 saturated carbocycles. The van der Waals surface area contributed by atoms with Crippen molar-refractivity contribution in [3.05, 3.63) is 0 Å². The van der Waals surface area contributed by atoms with Gasteiger partial charge in [0, 0.05) is 30.1 Å². The number of nitrogens with one attached hydrogen (secondary N) is 1. The average molecular weight is 232 g/mol. The SMILES string of the molecule is CCN(CC)CCNCCSC(C)(C)C. The normalized spacial score (nSPS) is 12.4. The molecule has 0 bridgehead atoms. The first-order valence-electron chi connectivity index (χ1n) is 6.06. The molecule has 0 aliphatic carbocycles. The van der Waals surface area contributed by atoms with Crippen LogP contribution < -0.4 is 5.32 Å². The molecule has 0 radical (unpaired) electrons. The first-order valence-corrected chi connectivity index (χ1v) is 7.05. The van der Waals surface area contributed by atoms with E-state index in [1.807, 2.05) is 11.8 Å². The monoisotopic (exact) mass is 232 g/mol. The molecule has 0 heterocycles. The summed E-state index contributed by atoms with van der Waals surface area (Å²) < 4.78 is 0.403. The van der Waals surface area contributed by atoms with E-state index in [1.165, 1.54) is 12.3 Å². The molecule has 0 atom stereocenters. The van der Waals surface area contributed by atoms with Gasteiger partial charge in [0.25, 0.3) is 0 Å². The molecule has 0 aromatic rings. The summed E-state index contributed by atoms with van der Waals surface area (Å²) in [6.07, 6.45) is 0. The van der Waals surface area contributed by atoms with Crippen molar-refractivity contribution in [3.63, 3.8) is 0 Å². The van der Waals surface area contributed by atoms with Crippen LogP contribution in [0.25, 0.3) is 0 Å². The molecule has 0 aromatic heterocycles. The summed E-state index contributed by atoms with van der Waals surface area (Å²) in [7, 11) is 0.